The van der Waals surface area contributed by atoms with Crippen LogP contribution in [0, 0.1) is 0 Å². The first-order valence-corrected chi connectivity index (χ1v) is 4.62. The van der Waals surface area contributed by atoms with Crippen LogP contribution in [0.3, 0.4) is 0 Å². The van der Waals surface area contributed by atoms with Crippen molar-refractivity contribution in [1.82, 2.24) is 9.97 Å². The summed E-state index contributed by atoms with van der Waals surface area (Å²) in [6.45, 7) is 0. The fourth-order valence-electron chi connectivity index (χ4n) is 0.836. The zero-order valence-corrected chi connectivity index (χ0v) is 8.04. The summed E-state index contributed by atoms with van der Waals surface area (Å²) in [5, 5.41) is 1.15. The van der Waals surface area contributed by atoms with Gasteiger partial charge in [0, 0.05) is 0 Å². The molecule has 0 aromatic carbocycles. The van der Waals surface area contributed by atoms with Crippen LogP contribution in [0.15, 0.2) is 6.07 Å². The van der Waals surface area contributed by atoms with E-state index in [1.807, 2.05) is 0 Å². The number of nitrogens with two attached hydrogens (primary N) is 1. The molecule has 2 aromatic heterocycles. The van der Waals surface area contributed by atoms with Crippen LogP contribution in [0.1, 0.15) is 0 Å². The highest BCUT2D eigenvalue weighted by molar-refractivity contribution is 7.22. The summed E-state index contributed by atoms with van der Waals surface area (Å²) in [6.07, 6.45) is 0. The lowest BCUT2D eigenvalue weighted by atomic mass is 10.5. The van der Waals surface area contributed by atoms with Gasteiger partial charge in [-0.05, 0) is 6.07 Å². The molecule has 2 N–H and O–H groups in total. The standard InChI is InChI=1S/C6H3Cl2N3S/c7-2-1-3-5(10-4(2)8)11-6(9)12-3/h1H,(H2,9,10,11). The molecule has 0 bridgehead atoms. The maximum Gasteiger partial charge on any atom is 0.182 e. The van der Waals surface area contributed by atoms with Gasteiger partial charge in [0.15, 0.2) is 10.8 Å². The van der Waals surface area contributed by atoms with E-state index in [2.05, 4.69) is 9.97 Å². The smallest absolute Gasteiger partial charge is 0.182 e. The monoisotopic (exact) mass is 219 g/mol. The van der Waals surface area contributed by atoms with Gasteiger partial charge in [-0.2, -0.15) is 0 Å². The lowest BCUT2D eigenvalue weighted by Crippen LogP contribution is -1.82. The normalized spacial score (nSPS) is 10.8. The van der Waals surface area contributed by atoms with Gasteiger partial charge in [0.05, 0.1) is 9.72 Å². The Hall–Kier alpha value is -0.580. The molecule has 0 aliphatic carbocycles. The zero-order valence-electron chi connectivity index (χ0n) is 5.71. The summed E-state index contributed by atoms with van der Waals surface area (Å²) in [6, 6.07) is 1.71. The van der Waals surface area contributed by atoms with Gasteiger partial charge in [0.25, 0.3) is 0 Å². The van der Waals surface area contributed by atoms with Crippen LogP contribution in [0.2, 0.25) is 10.2 Å². The van der Waals surface area contributed by atoms with Gasteiger partial charge in [-0.3, -0.25) is 0 Å². The average molecular weight is 220 g/mol. The zero-order chi connectivity index (χ0) is 8.72. The summed E-state index contributed by atoms with van der Waals surface area (Å²) in [5.41, 5.74) is 6.02. The predicted octanol–water partition coefficient (Wildman–Crippen LogP) is 2.58. The first-order valence-electron chi connectivity index (χ1n) is 3.05. The number of nitrogens with zero attached hydrogens (tertiary/aromatic N) is 2. The Morgan fingerprint density at radius 3 is 2.83 bits per heavy atom. The van der Waals surface area contributed by atoms with Crippen molar-refractivity contribution in [1.29, 1.82) is 0 Å². The lowest BCUT2D eigenvalue weighted by Gasteiger charge is -1.91. The largest absolute Gasteiger partial charge is 0.375 e. The molecular weight excluding hydrogens is 217 g/mol. The highest BCUT2D eigenvalue weighted by Crippen LogP contribution is 2.28. The van der Waals surface area contributed by atoms with Crippen molar-refractivity contribution in [3.8, 4) is 0 Å². The first kappa shape index (κ1) is 8.04. The first-order chi connectivity index (χ1) is 5.66. The van der Waals surface area contributed by atoms with Crippen molar-refractivity contribution in [3.05, 3.63) is 16.2 Å². The summed E-state index contributed by atoms with van der Waals surface area (Å²) in [7, 11) is 0. The quantitative estimate of drug-likeness (QED) is 0.694. The van der Waals surface area contributed by atoms with E-state index in [4.69, 9.17) is 28.9 Å². The van der Waals surface area contributed by atoms with Gasteiger partial charge in [-0.15, -0.1) is 0 Å². The van der Waals surface area contributed by atoms with Crippen molar-refractivity contribution in [2.24, 2.45) is 0 Å². The second kappa shape index (κ2) is 2.73. The molecule has 6 heteroatoms. The molecule has 0 saturated carbocycles. The number of aromatic nitrogens is 2. The van der Waals surface area contributed by atoms with E-state index in [0.29, 0.717) is 15.8 Å². The number of halogens is 2. The Kier molecular flexibility index (Phi) is 1.83. The maximum atomic E-state index is 5.74. The molecule has 2 aromatic rings. The molecule has 0 fully saturated rings. The molecule has 3 nitrogen and oxygen atoms in total. The molecule has 62 valence electrons. The number of nitrogen functional groups attached to an aromatic ring is 1. The third-order valence-corrected chi connectivity index (χ3v) is 2.80. The Morgan fingerprint density at radius 1 is 1.33 bits per heavy atom. The Bertz CT molecular complexity index is 401. The molecule has 0 spiro atoms. The number of rotatable bonds is 0. The van der Waals surface area contributed by atoms with Gasteiger partial charge in [-0.1, -0.05) is 34.5 Å². The molecule has 0 amide bonds. The molecule has 12 heavy (non-hydrogen) atoms. The minimum Gasteiger partial charge on any atom is -0.375 e. The number of pyridine rings is 1. The predicted molar refractivity (Wildman–Crippen MR) is 51.8 cm³/mol. The van der Waals surface area contributed by atoms with Crippen LogP contribution in [-0.2, 0) is 0 Å². The minimum absolute atomic E-state index is 0.259. The molecule has 0 unspecified atom stereocenters. The average Bonchev–Trinajstić information content (AvgIpc) is 2.30. The maximum absolute atomic E-state index is 5.74. The van der Waals surface area contributed by atoms with Crippen molar-refractivity contribution in [2.75, 3.05) is 5.73 Å². The van der Waals surface area contributed by atoms with Crippen molar-refractivity contribution < 1.29 is 0 Å². The molecule has 2 heterocycles. The Morgan fingerprint density at radius 2 is 2.08 bits per heavy atom. The molecular formula is C6H3Cl2N3S. The molecule has 0 aliphatic rings. The second-order valence-electron chi connectivity index (χ2n) is 2.13. The van der Waals surface area contributed by atoms with Crippen LogP contribution in [0.5, 0.6) is 0 Å². The topological polar surface area (TPSA) is 51.8 Å². The summed E-state index contributed by atoms with van der Waals surface area (Å²) in [4.78, 5) is 7.91. The Balaban J connectivity index is 2.83. The van der Waals surface area contributed by atoms with Crippen molar-refractivity contribution in [3.63, 3.8) is 0 Å². The van der Waals surface area contributed by atoms with E-state index >= 15 is 0 Å². The van der Waals surface area contributed by atoms with E-state index in [1.54, 1.807) is 6.07 Å². The van der Waals surface area contributed by atoms with Crippen LogP contribution in [0.4, 0.5) is 5.13 Å². The van der Waals surface area contributed by atoms with Gasteiger partial charge in [-0.25, -0.2) is 9.97 Å². The second-order valence-corrected chi connectivity index (χ2v) is 3.96. The fraction of sp³-hybridized carbons (Fsp3) is 0. The molecule has 0 aliphatic heterocycles. The minimum atomic E-state index is 0.259. The van der Waals surface area contributed by atoms with Crippen LogP contribution in [0.25, 0.3) is 10.3 Å². The van der Waals surface area contributed by atoms with E-state index in [-0.39, 0.29) is 5.15 Å². The summed E-state index contributed by atoms with van der Waals surface area (Å²) < 4.78 is 0.849. The molecule has 0 atom stereocenters. The molecule has 0 radical (unpaired) electrons. The van der Waals surface area contributed by atoms with Gasteiger partial charge in [0.2, 0.25) is 0 Å². The number of anilines is 1. The Labute approximate surface area is 82.1 Å². The van der Waals surface area contributed by atoms with Gasteiger partial charge in [0.1, 0.15) is 5.15 Å². The molecule has 2 rings (SSSR count). The third kappa shape index (κ3) is 1.22. The van der Waals surface area contributed by atoms with Crippen LogP contribution < -0.4 is 5.73 Å². The van der Waals surface area contributed by atoms with Gasteiger partial charge < -0.3 is 5.73 Å². The number of thiazole rings is 1. The highest BCUT2D eigenvalue weighted by Gasteiger charge is 2.06. The highest BCUT2D eigenvalue weighted by atomic mass is 35.5. The third-order valence-electron chi connectivity index (χ3n) is 1.31. The molecule has 0 saturated heterocycles. The van der Waals surface area contributed by atoms with Crippen LogP contribution in [-0.4, -0.2) is 9.97 Å². The van der Waals surface area contributed by atoms with E-state index in [0.717, 1.165) is 4.70 Å². The van der Waals surface area contributed by atoms with Crippen LogP contribution >= 0.6 is 34.5 Å². The number of hydrogen-bond donors (Lipinski definition) is 1. The fourth-order valence-corrected chi connectivity index (χ4v) is 1.90. The van der Waals surface area contributed by atoms with Crippen molar-refractivity contribution in [2.45, 2.75) is 0 Å². The van der Waals surface area contributed by atoms with E-state index in [9.17, 15) is 0 Å². The van der Waals surface area contributed by atoms with E-state index in [1.165, 1.54) is 11.3 Å². The SMILES string of the molecule is Nc1nc2nc(Cl)c(Cl)cc2s1. The number of fused-ring (bicyclic) bond motifs is 1. The van der Waals surface area contributed by atoms with Gasteiger partial charge >= 0.3 is 0 Å². The summed E-state index contributed by atoms with van der Waals surface area (Å²) >= 11 is 12.8. The number of hydrogen-bond acceptors (Lipinski definition) is 4. The summed E-state index contributed by atoms with van der Waals surface area (Å²) in [5.74, 6) is 0. The van der Waals surface area contributed by atoms with E-state index < -0.39 is 0 Å². The van der Waals surface area contributed by atoms with Crippen molar-refractivity contribution >= 4 is 50.0 Å². The lowest BCUT2D eigenvalue weighted by molar-refractivity contribution is 1.33.